The Balaban J connectivity index is 1.77. The van der Waals surface area contributed by atoms with Gasteiger partial charge in [0.15, 0.2) is 11.6 Å². The highest BCUT2D eigenvalue weighted by molar-refractivity contribution is 5.19. The van der Waals surface area contributed by atoms with Gasteiger partial charge in [-0.1, -0.05) is 36.4 Å². The fourth-order valence-electron chi connectivity index (χ4n) is 2.28. The van der Waals surface area contributed by atoms with Crippen molar-refractivity contribution in [1.82, 2.24) is 0 Å². The monoisotopic (exact) mass is 275 g/mol. The molecule has 0 aliphatic rings. The molecule has 20 heavy (non-hydrogen) atoms. The van der Waals surface area contributed by atoms with Gasteiger partial charge in [-0.05, 0) is 48.9 Å². The molecule has 0 heterocycles. The number of aryl methyl sites for hydroxylation is 1. The third kappa shape index (κ3) is 4.42. The lowest BCUT2D eigenvalue weighted by Gasteiger charge is -2.11. The standard InChI is InChI=1S/C17H19F2N/c18-16-10-9-14(12-17(16)19)11-15(20)8-4-7-13-5-2-1-3-6-13/h1-3,5-6,9-10,12,15H,4,7-8,11,20H2. The lowest BCUT2D eigenvalue weighted by Crippen LogP contribution is -2.23. The van der Waals surface area contributed by atoms with Crippen molar-refractivity contribution in [3.8, 4) is 0 Å². The van der Waals surface area contributed by atoms with E-state index in [1.807, 2.05) is 18.2 Å². The first-order valence-corrected chi connectivity index (χ1v) is 6.88. The normalized spacial score (nSPS) is 12.3. The molecule has 0 saturated heterocycles. The van der Waals surface area contributed by atoms with E-state index >= 15 is 0 Å². The van der Waals surface area contributed by atoms with Gasteiger partial charge in [-0.25, -0.2) is 8.78 Å². The van der Waals surface area contributed by atoms with E-state index in [1.165, 1.54) is 11.6 Å². The van der Waals surface area contributed by atoms with E-state index < -0.39 is 11.6 Å². The number of nitrogens with two attached hydrogens (primary N) is 1. The van der Waals surface area contributed by atoms with Gasteiger partial charge in [0, 0.05) is 6.04 Å². The molecule has 1 unspecified atom stereocenters. The highest BCUT2D eigenvalue weighted by Crippen LogP contribution is 2.12. The van der Waals surface area contributed by atoms with E-state index in [0.29, 0.717) is 6.42 Å². The van der Waals surface area contributed by atoms with Crippen molar-refractivity contribution >= 4 is 0 Å². The highest BCUT2D eigenvalue weighted by atomic mass is 19.2. The first-order valence-electron chi connectivity index (χ1n) is 6.88. The van der Waals surface area contributed by atoms with Gasteiger partial charge in [-0.3, -0.25) is 0 Å². The molecule has 2 aromatic rings. The largest absolute Gasteiger partial charge is 0.327 e. The van der Waals surface area contributed by atoms with Gasteiger partial charge < -0.3 is 5.73 Å². The lowest BCUT2D eigenvalue weighted by atomic mass is 10.00. The van der Waals surface area contributed by atoms with Crippen molar-refractivity contribution in [1.29, 1.82) is 0 Å². The average molecular weight is 275 g/mol. The van der Waals surface area contributed by atoms with Crippen LogP contribution in [-0.2, 0) is 12.8 Å². The molecule has 0 bridgehead atoms. The SMILES string of the molecule is NC(CCCc1ccccc1)Cc1ccc(F)c(F)c1. The van der Waals surface area contributed by atoms with Gasteiger partial charge in [0.1, 0.15) is 0 Å². The summed E-state index contributed by atoms with van der Waals surface area (Å²) in [5, 5.41) is 0. The highest BCUT2D eigenvalue weighted by Gasteiger charge is 2.07. The van der Waals surface area contributed by atoms with Crippen LogP contribution in [0.15, 0.2) is 48.5 Å². The molecule has 0 aliphatic carbocycles. The summed E-state index contributed by atoms with van der Waals surface area (Å²) in [6.07, 6.45) is 3.43. The molecule has 0 aliphatic heterocycles. The minimum absolute atomic E-state index is 0.0245. The van der Waals surface area contributed by atoms with E-state index in [9.17, 15) is 8.78 Å². The molecule has 106 valence electrons. The van der Waals surface area contributed by atoms with E-state index in [1.54, 1.807) is 6.07 Å². The molecule has 0 spiro atoms. The third-order valence-electron chi connectivity index (χ3n) is 3.37. The van der Waals surface area contributed by atoms with Crippen molar-refractivity contribution in [2.45, 2.75) is 31.7 Å². The fraction of sp³-hybridized carbons (Fsp3) is 0.294. The van der Waals surface area contributed by atoms with Gasteiger partial charge in [0.25, 0.3) is 0 Å². The summed E-state index contributed by atoms with van der Waals surface area (Å²) >= 11 is 0. The van der Waals surface area contributed by atoms with Crippen LogP contribution in [0.2, 0.25) is 0 Å². The van der Waals surface area contributed by atoms with Crippen molar-refractivity contribution < 1.29 is 8.78 Å². The van der Waals surface area contributed by atoms with Crippen LogP contribution in [0.5, 0.6) is 0 Å². The van der Waals surface area contributed by atoms with Crippen LogP contribution < -0.4 is 5.73 Å². The average Bonchev–Trinajstić information content (AvgIpc) is 2.44. The second-order valence-electron chi connectivity index (χ2n) is 5.09. The molecule has 1 atom stereocenters. The predicted octanol–water partition coefficient (Wildman–Crippen LogP) is 3.86. The second kappa shape index (κ2) is 7.15. The summed E-state index contributed by atoms with van der Waals surface area (Å²) in [7, 11) is 0. The van der Waals surface area contributed by atoms with Crippen molar-refractivity contribution in [2.75, 3.05) is 0 Å². The maximum absolute atomic E-state index is 13.1. The molecule has 0 aromatic heterocycles. The number of benzene rings is 2. The summed E-state index contributed by atoms with van der Waals surface area (Å²) in [6, 6.07) is 14.2. The van der Waals surface area contributed by atoms with Crippen LogP contribution >= 0.6 is 0 Å². The van der Waals surface area contributed by atoms with Crippen LogP contribution in [0.3, 0.4) is 0 Å². The number of hydrogen-bond donors (Lipinski definition) is 1. The van der Waals surface area contributed by atoms with E-state index in [0.717, 1.165) is 30.9 Å². The zero-order valence-corrected chi connectivity index (χ0v) is 11.4. The topological polar surface area (TPSA) is 26.0 Å². The summed E-state index contributed by atoms with van der Waals surface area (Å²) in [5.74, 6) is -1.62. The molecular weight excluding hydrogens is 256 g/mol. The minimum atomic E-state index is -0.814. The van der Waals surface area contributed by atoms with Crippen LogP contribution in [0.25, 0.3) is 0 Å². The Morgan fingerprint density at radius 2 is 1.65 bits per heavy atom. The minimum Gasteiger partial charge on any atom is -0.327 e. The molecule has 3 heteroatoms. The summed E-state index contributed by atoms with van der Waals surface area (Å²) in [5.41, 5.74) is 8.09. The Morgan fingerprint density at radius 3 is 2.35 bits per heavy atom. The van der Waals surface area contributed by atoms with Crippen molar-refractivity contribution in [2.24, 2.45) is 5.73 Å². The number of rotatable bonds is 6. The quantitative estimate of drug-likeness (QED) is 0.851. The summed E-state index contributed by atoms with van der Waals surface area (Å²) in [4.78, 5) is 0. The van der Waals surface area contributed by atoms with Crippen LogP contribution in [0, 0.1) is 11.6 Å². The number of hydrogen-bond acceptors (Lipinski definition) is 1. The van der Waals surface area contributed by atoms with Gasteiger partial charge in [-0.15, -0.1) is 0 Å². The van der Waals surface area contributed by atoms with E-state index in [-0.39, 0.29) is 6.04 Å². The lowest BCUT2D eigenvalue weighted by molar-refractivity contribution is 0.504. The molecule has 0 saturated carbocycles. The molecule has 0 radical (unpaired) electrons. The smallest absolute Gasteiger partial charge is 0.159 e. The van der Waals surface area contributed by atoms with Crippen LogP contribution in [0.1, 0.15) is 24.0 Å². The fourth-order valence-corrected chi connectivity index (χ4v) is 2.28. The van der Waals surface area contributed by atoms with Gasteiger partial charge in [-0.2, -0.15) is 0 Å². The Bertz CT molecular complexity index is 540. The molecule has 2 aromatic carbocycles. The Morgan fingerprint density at radius 1 is 0.900 bits per heavy atom. The number of halogens is 2. The Kier molecular flexibility index (Phi) is 5.24. The van der Waals surface area contributed by atoms with Crippen molar-refractivity contribution in [3.05, 3.63) is 71.3 Å². The predicted molar refractivity (Wildman–Crippen MR) is 77.4 cm³/mol. The van der Waals surface area contributed by atoms with Gasteiger partial charge >= 0.3 is 0 Å². The molecule has 0 amide bonds. The molecule has 1 nitrogen and oxygen atoms in total. The zero-order chi connectivity index (χ0) is 14.4. The van der Waals surface area contributed by atoms with Crippen LogP contribution in [-0.4, -0.2) is 6.04 Å². The summed E-state index contributed by atoms with van der Waals surface area (Å²) in [6.45, 7) is 0. The maximum Gasteiger partial charge on any atom is 0.159 e. The van der Waals surface area contributed by atoms with Gasteiger partial charge in [0.2, 0.25) is 0 Å². The Labute approximate surface area is 118 Å². The first kappa shape index (κ1) is 14.7. The maximum atomic E-state index is 13.1. The Hall–Kier alpha value is -1.74. The summed E-state index contributed by atoms with van der Waals surface area (Å²) < 4.78 is 25.9. The molecular formula is C17H19F2N. The molecule has 2 rings (SSSR count). The van der Waals surface area contributed by atoms with E-state index in [2.05, 4.69) is 12.1 Å². The van der Waals surface area contributed by atoms with Gasteiger partial charge in [0.05, 0.1) is 0 Å². The second-order valence-corrected chi connectivity index (χ2v) is 5.09. The molecule has 2 N–H and O–H groups in total. The van der Waals surface area contributed by atoms with E-state index in [4.69, 9.17) is 5.73 Å². The zero-order valence-electron chi connectivity index (χ0n) is 11.4. The van der Waals surface area contributed by atoms with Crippen LogP contribution in [0.4, 0.5) is 8.78 Å². The first-order chi connectivity index (χ1) is 9.65. The molecule has 0 fully saturated rings. The van der Waals surface area contributed by atoms with Crippen molar-refractivity contribution in [3.63, 3.8) is 0 Å². The third-order valence-corrected chi connectivity index (χ3v) is 3.37.